The number of benzene rings is 1. The third-order valence-electron chi connectivity index (χ3n) is 5.01. The van der Waals surface area contributed by atoms with Gasteiger partial charge in [-0.15, -0.1) is 0 Å². The van der Waals surface area contributed by atoms with Crippen LogP contribution >= 0.6 is 0 Å². The van der Waals surface area contributed by atoms with Gasteiger partial charge in [0.2, 0.25) is 0 Å². The summed E-state index contributed by atoms with van der Waals surface area (Å²) in [6.07, 6.45) is 9.57. The second-order valence-electron chi connectivity index (χ2n) is 7.33. The lowest BCUT2D eigenvalue weighted by atomic mass is 10.2. The Balaban J connectivity index is 1.39. The van der Waals surface area contributed by atoms with Crippen LogP contribution in [0.3, 0.4) is 0 Å². The lowest BCUT2D eigenvalue weighted by Gasteiger charge is -2.07. The number of rotatable bonds is 7. The highest BCUT2D eigenvalue weighted by molar-refractivity contribution is 5.83. The number of nitrogens with zero attached hydrogens (tertiary/aromatic N) is 5. The van der Waals surface area contributed by atoms with Gasteiger partial charge >= 0.3 is 0 Å². The molecule has 11 nitrogen and oxygen atoms in total. The van der Waals surface area contributed by atoms with Crippen LogP contribution in [0.4, 0.5) is 11.5 Å². The SMILES string of the molecule is C=C(NC(/C=C\N)=C/N)c1cc2cnc(-c3nccc(Nc4ccc5[nH]ncc5c4)n3)nc2[nH]1. The van der Waals surface area contributed by atoms with Crippen molar-refractivity contribution in [2.75, 3.05) is 5.32 Å². The van der Waals surface area contributed by atoms with E-state index in [0.29, 0.717) is 34.5 Å². The van der Waals surface area contributed by atoms with Gasteiger partial charge in [-0.1, -0.05) is 6.58 Å². The van der Waals surface area contributed by atoms with E-state index in [1.165, 1.54) is 12.4 Å². The molecule has 0 amide bonds. The topological polar surface area (TPSA) is 172 Å². The number of aromatic amines is 2. The fraction of sp³-hybridized carbons (Fsp3) is 0. The molecule has 0 spiro atoms. The Morgan fingerprint density at radius 2 is 1.88 bits per heavy atom. The van der Waals surface area contributed by atoms with Crippen molar-refractivity contribution in [3.63, 3.8) is 0 Å². The highest BCUT2D eigenvalue weighted by Gasteiger charge is 2.11. The van der Waals surface area contributed by atoms with Crippen LogP contribution < -0.4 is 22.1 Å². The van der Waals surface area contributed by atoms with Crippen molar-refractivity contribution in [3.05, 3.63) is 85.4 Å². The maximum Gasteiger partial charge on any atom is 0.199 e. The van der Waals surface area contributed by atoms with E-state index in [4.69, 9.17) is 11.5 Å². The zero-order chi connectivity index (χ0) is 23.5. The maximum atomic E-state index is 5.60. The predicted molar refractivity (Wildman–Crippen MR) is 132 cm³/mol. The van der Waals surface area contributed by atoms with Crippen molar-refractivity contribution in [1.82, 2.24) is 40.4 Å². The highest BCUT2D eigenvalue weighted by atomic mass is 15.1. The first kappa shape index (κ1) is 20.7. The van der Waals surface area contributed by atoms with Gasteiger partial charge in [-0.05, 0) is 42.6 Å². The Kier molecular flexibility index (Phi) is 5.32. The van der Waals surface area contributed by atoms with Gasteiger partial charge in [-0.3, -0.25) is 5.10 Å². The number of aromatic nitrogens is 7. The van der Waals surface area contributed by atoms with Crippen molar-refractivity contribution in [2.45, 2.75) is 0 Å². The van der Waals surface area contributed by atoms with Gasteiger partial charge in [0.15, 0.2) is 11.6 Å². The number of allylic oxidation sites excluding steroid dienone is 1. The molecule has 0 fully saturated rings. The minimum absolute atomic E-state index is 0.391. The van der Waals surface area contributed by atoms with Gasteiger partial charge < -0.3 is 27.1 Å². The molecule has 1 aromatic carbocycles. The van der Waals surface area contributed by atoms with E-state index in [2.05, 4.69) is 52.3 Å². The van der Waals surface area contributed by atoms with E-state index in [1.54, 1.807) is 30.7 Å². The zero-order valence-corrected chi connectivity index (χ0v) is 17.9. The summed E-state index contributed by atoms with van der Waals surface area (Å²) in [6, 6.07) is 9.55. The third kappa shape index (κ3) is 4.12. The Morgan fingerprint density at radius 3 is 2.74 bits per heavy atom. The number of H-pyrrole nitrogens is 2. The van der Waals surface area contributed by atoms with Crippen LogP contribution in [0, 0.1) is 0 Å². The standard InChI is InChI=1S/C23H21N11/c1-13(29-17(10-25)4-6-24)19-9-15-11-27-23(33-21(15)31-19)22-26-7-5-20(32-22)30-16-2-3-18-14(8-16)12-28-34-18/h2-12,29H,1,24-25H2,(H,28,34)(H,26,30,32)(H,27,31,33)/b6-4-,17-10+. The van der Waals surface area contributed by atoms with Crippen molar-refractivity contribution >= 4 is 39.1 Å². The maximum absolute atomic E-state index is 5.60. The first-order valence-electron chi connectivity index (χ1n) is 10.3. The summed E-state index contributed by atoms with van der Waals surface area (Å²) >= 11 is 0. The number of hydrogen-bond donors (Lipinski definition) is 6. The summed E-state index contributed by atoms with van der Waals surface area (Å²) in [5.74, 6) is 1.41. The molecule has 0 aliphatic rings. The summed E-state index contributed by atoms with van der Waals surface area (Å²) in [7, 11) is 0. The summed E-state index contributed by atoms with van der Waals surface area (Å²) in [4.78, 5) is 21.2. The first-order valence-corrected chi connectivity index (χ1v) is 10.3. The molecule has 4 aromatic heterocycles. The van der Waals surface area contributed by atoms with E-state index in [0.717, 1.165) is 27.7 Å². The van der Waals surface area contributed by atoms with Crippen LogP contribution in [-0.2, 0) is 0 Å². The number of nitrogens with two attached hydrogens (primary N) is 2. The van der Waals surface area contributed by atoms with Crippen molar-refractivity contribution in [2.24, 2.45) is 11.5 Å². The van der Waals surface area contributed by atoms with Crippen LogP contribution in [0.5, 0.6) is 0 Å². The minimum atomic E-state index is 0.391. The summed E-state index contributed by atoms with van der Waals surface area (Å²) < 4.78 is 0. The number of hydrogen-bond acceptors (Lipinski definition) is 9. The Hall–Kier alpha value is -5.19. The molecule has 0 aliphatic heterocycles. The van der Waals surface area contributed by atoms with Crippen molar-refractivity contribution < 1.29 is 0 Å². The molecule has 34 heavy (non-hydrogen) atoms. The molecule has 5 rings (SSSR count). The van der Waals surface area contributed by atoms with Crippen molar-refractivity contribution in [3.8, 4) is 11.6 Å². The molecule has 0 saturated carbocycles. The van der Waals surface area contributed by atoms with E-state index in [9.17, 15) is 0 Å². The van der Waals surface area contributed by atoms with Gasteiger partial charge in [-0.25, -0.2) is 19.9 Å². The molecule has 0 bridgehead atoms. The van der Waals surface area contributed by atoms with Crippen LogP contribution in [0.1, 0.15) is 5.69 Å². The average Bonchev–Trinajstić information content (AvgIpc) is 3.50. The van der Waals surface area contributed by atoms with Crippen LogP contribution in [0.25, 0.3) is 39.3 Å². The minimum Gasteiger partial charge on any atom is -0.405 e. The van der Waals surface area contributed by atoms with Gasteiger partial charge in [0, 0.05) is 35.1 Å². The lowest BCUT2D eigenvalue weighted by Crippen LogP contribution is -2.11. The average molecular weight is 451 g/mol. The van der Waals surface area contributed by atoms with Gasteiger partial charge in [-0.2, -0.15) is 5.10 Å². The van der Waals surface area contributed by atoms with Crippen molar-refractivity contribution in [1.29, 1.82) is 0 Å². The normalized spacial score (nSPS) is 11.9. The molecule has 0 radical (unpaired) electrons. The third-order valence-corrected chi connectivity index (χ3v) is 5.01. The molecule has 0 saturated heterocycles. The fourth-order valence-corrected chi connectivity index (χ4v) is 3.37. The zero-order valence-electron chi connectivity index (χ0n) is 17.9. The highest BCUT2D eigenvalue weighted by Crippen LogP contribution is 2.23. The van der Waals surface area contributed by atoms with Gasteiger partial charge in [0.1, 0.15) is 11.5 Å². The molecule has 168 valence electrons. The summed E-state index contributed by atoms with van der Waals surface area (Å²) in [5.41, 5.74) is 15.4. The Labute approximate surface area is 193 Å². The molecule has 11 heteroatoms. The van der Waals surface area contributed by atoms with E-state index in [1.807, 2.05) is 24.3 Å². The van der Waals surface area contributed by atoms with E-state index >= 15 is 0 Å². The molecular formula is C23H21N11. The molecule has 0 unspecified atom stereocenters. The molecule has 0 atom stereocenters. The Morgan fingerprint density at radius 1 is 1.00 bits per heavy atom. The molecule has 0 aliphatic carbocycles. The smallest absolute Gasteiger partial charge is 0.199 e. The number of nitrogens with one attached hydrogen (secondary N) is 4. The first-order chi connectivity index (χ1) is 16.6. The van der Waals surface area contributed by atoms with Gasteiger partial charge in [0.25, 0.3) is 0 Å². The monoisotopic (exact) mass is 451 g/mol. The molecule has 5 aromatic rings. The number of anilines is 2. The van der Waals surface area contributed by atoms with E-state index < -0.39 is 0 Å². The van der Waals surface area contributed by atoms with E-state index in [-0.39, 0.29) is 0 Å². The summed E-state index contributed by atoms with van der Waals surface area (Å²) in [6.45, 7) is 4.04. The lowest BCUT2D eigenvalue weighted by molar-refractivity contribution is 1.09. The predicted octanol–water partition coefficient (Wildman–Crippen LogP) is 2.87. The quantitative estimate of drug-likeness (QED) is 0.203. The molecule has 8 N–H and O–H groups in total. The van der Waals surface area contributed by atoms with Gasteiger partial charge in [0.05, 0.1) is 28.8 Å². The van der Waals surface area contributed by atoms with Crippen LogP contribution in [0.15, 0.2) is 79.7 Å². The fourth-order valence-electron chi connectivity index (χ4n) is 3.37. The second-order valence-corrected chi connectivity index (χ2v) is 7.33. The van der Waals surface area contributed by atoms with Crippen LogP contribution in [-0.4, -0.2) is 35.1 Å². The second kappa shape index (κ2) is 8.74. The summed E-state index contributed by atoms with van der Waals surface area (Å²) in [5, 5.41) is 15.2. The molecule has 4 heterocycles. The molecular weight excluding hydrogens is 430 g/mol. The number of fused-ring (bicyclic) bond motifs is 2. The largest absolute Gasteiger partial charge is 0.405 e. The Bertz CT molecular complexity index is 1560. The van der Waals surface area contributed by atoms with Crippen LogP contribution in [0.2, 0.25) is 0 Å².